The zero-order chi connectivity index (χ0) is 8.55. The molecule has 0 saturated carbocycles. The molecule has 0 saturated heterocycles. The predicted octanol–water partition coefficient (Wildman–Crippen LogP) is 3.25. The molecule has 0 spiro atoms. The van der Waals surface area contributed by atoms with Crippen LogP contribution in [0.2, 0.25) is 0 Å². The van der Waals surface area contributed by atoms with E-state index in [4.69, 9.17) is 11.6 Å². The van der Waals surface area contributed by atoms with Gasteiger partial charge in [-0.05, 0) is 23.8 Å². The second kappa shape index (κ2) is 3.31. The molecule has 2 atom stereocenters. The van der Waals surface area contributed by atoms with Crippen molar-refractivity contribution in [3.63, 3.8) is 0 Å². The number of rotatable bonds is 1. The van der Waals surface area contributed by atoms with Crippen LogP contribution < -0.4 is 0 Å². The van der Waals surface area contributed by atoms with Crippen molar-refractivity contribution in [1.82, 2.24) is 0 Å². The lowest BCUT2D eigenvalue weighted by molar-refractivity contribution is 0.907. The van der Waals surface area contributed by atoms with Crippen LogP contribution in [0, 0.1) is 0 Å². The predicted molar refractivity (Wildman–Crippen MR) is 56.0 cm³/mol. The molecule has 0 heterocycles. The molecule has 0 amide bonds. The highest BCUT2D eigenvalue weighted by Gasteiger charge is 2.29. The van der Waals surface area contributed by atoms with Crippen molar-refractivity contribution >= 4 is 23.4 Å². The standard InChI is InChI=1S/C10H11ClS/c1-12-9-6-7-4-2-3-5-8(7)10(9)11/h2-5,9-10H,6H2,1H3. The number of benzene rings is 1. The Kier molecular flexibility index (Phi) is 2.33. The third kappa shape index (κ3) is 1.25. The topological polar surface area (TPSA) is 0 Å². The third-order valence-corrected chi connectivity index (χ3v) is 4.14. The van der Waals surface area contributed by atoms with Crippen molar-refractivity contribution in [3.8, 4) is 0 Å². The summed E-state index contributed by atoms with van der Waals surface area (Å²) >= 11 is 8.15. The van der Waals surface area contributed by atoms with E-state index in [-0.39, 0.29) is 5.38 Å². The minimum atomic E-state index is 0.219. The van der Waals surface area contributed by atoms with Gasteiger partial charge in [-0.3, -0.25) is 0 Å². The summed E-state index contributed by atoms with van der Waals surface area (Å²) in [5.74, 6) is 0. The second-order valence-corrected chi connectivity index (χ2v) is 4.63. The van der Waals surface area contributed by atoms with Crippen molar-refractivity contribution in [2.45, 2.75) is 17.0 Å². The molecule has 0 radical (unpaired) electrons. The molecule has 0 fully saturated rings. The minimum absolute atomic E-state index is 0.219. The summed E-state index contributed by atoms with van der Waals surface area (Å²) in [6.07, 6.45) is 3.26. The van der Waals surface area contributed by atoms with E-state index in [1.54, 1.807) is 0 Å². The van der Waals surface area contributed by atoms with Gasteiger partial charge in [0.1, 0.15) is 0 Å². The van der Waals surface area contributed by atoms with Crippen LogP contribution in [0.4, 0.5) is 0 Å². The first-order chi connectivity index (χ1) is 5.83. The van der Waals surface area contributed by atoms with E-state index in [9.17, 15) is 0 Å². The molecule has 0 bridgehead atoms. The van der Waals surface area contributed by atoms with E-state index in [0.717, 1.165) is 6.42 Å². The maximum Gasteiger partial charge on any atom is 0.0709 e. The van der Waals surface area contributed by atoms with E-state index >= 15 is 0 Å². The van der Waals surface area contributed by atoms with E-state index < -0.39 is 0 Å². The van der Waals surface area contributed by atoms with Crippen LogP contribution in [0.15, 0.2) is 24.3 Å². The van der Waals surface area contributed by atoms with Gasteiger partial charge in [0.05, 0.1) is 5.38 Å². The number of fused-ring (bicyclic) bond motifs is 1. The highest BCUT2D eigenvalue weighted by molar-refractivity contribution is 7.99. The van der Waals surface area contributed by atoms with Crippen molar-refractivity contribution in [2.75, 3.05) is 6.26 Å². The van der Waals surface area contributed by atoms with E-state index in [1.807, 2.05) is 11.8 Å². The zero-order valence-electron chi connectivity index (χ0n) is 6.96. The molecule has 1 aliphatic rings. The summed E-state index contributed by atoms with van der Waals surface area (Å²) in [4.78, 5) is 0. The Morgan fingerprint density at radius 2 is 2.17 bits per heavy atom. The molecule has 1 aromatic carbocycles. The average molecular weight is 199 g/mol. The monoisotopic (exact) mass is 198 g/mol. The van der Waals surface area contributed by atoms with Crippen molar-refractivity contribution < 1.29 is 0 Å². The maximum absolute atomic E-state index is 6.29. The first-order valence-corrected chi connectivity index (χ1v) is 5.80. The number of halogens is 1. The van der Waals surface area contributed by atoms with Gasteiger partial charge in [0.25, 0.3) is 0 Å². The fourth-order valence-electron chi connectivity index (χ4n) is 1.71. The van der Waals surface area contributed by atoms with Crippen LogP contribution >= 0.6 is 23.4 Å². The van der Waals surface area contributed by atoms with Crippen LogP contribution in [0.5, 0.6) is 0 Å². The summed E-state index contributed by atoms with van der Waals surface area (Å²) in [7, 11) is 0. The van der Waals surface area contributed by atoms with Gasteiger partial charge >= 0.3 is 0 Å². The lowest BCUT2D eigenvalue weighted by Crippen LogP contribution is -2.02. The normalized spacial score (nSPS) is 27.2. The molecule has 64 valence electrons. The van der Waals surface area contributed by atoms with Crippen molar-refractivity contribution in [3.05, 3.63) is 35.4 Å². The fraction of sp³-hybridized carbons (Fsp3) is 0.400. The van der Waals surface area contributed by atoms with Crippen molar-refractivity contribution in [1.29, 1.82) is 0 Å². The first kappa shape index (κ1) is 8.46. The molecular weight excluding hydrogens is 188 g/mol. The number of thioether (sulfide) groups is 1. The Balaban J connectivity index is 2.35. The Bertz CT molecular complexity index is 285. The molecule has 2 rings (SSSR count). The lowest BCUT2D eigenvalue weighted by atomic mass is 10.1. The molecule has 12 heavy (non-hydrogen) atoms. The van der Waals surface area contributed by atoms with Gasteiger partial charge in [-0.25, -0.2) is 0 Å². The smallest absolute Gasteiger partial charge is 0.0709 e. The average Bonchev–Trinajstić information content (AvgIpc) is 2.44. The van der Waals surface area contributed by atoms with E-state index in [1.165, 1.54) is 11.1 Å². The summed E-state index contributed by atoms with van der Waals surface area (Å²) in [6, 6.07) is 8.48. The Morgan fingerprint density at radius 3 is 2.83 bits per heavy atom. The van der Waals surface area contributed by atoms with Crippen LogP contribution in [-0.2, 0) is 6.42 Å². The number of hydrogen-bond donors (Lipinski definition) is 0. The molecule has 0 N–H and O–H groups in total. The quantitative estimate of drug-likeness (QED) is 0.625. The van der Waals surface area contributed by atoms with Crippen molar-refractivity contribution in [2.24, 2.45) is 0 Å². The number of hydrogen-bond acceptors (Lipinski definition) is 1. The summed E-state index contributed by atoms with van der Waals surface area (Å²) in [5.41, 5.74) is 2.76. The fourth-order valence-corrected chi connectivity index (χ4v) is 3.05. The second-order valence-electron chi connectivity index (χ2n) is 3.08. The van der Waals surface area contributed by atoms with Crippen LogP contribution in [0.1, 0.15) is 16.5 Å². The Morgan fingerprint density at radius 1 is 1.42 bits per heavy atom. The molecule has 1 aliphatic carbocycles. The van der Waals surface area contributed by atoms with Crippen LogP contribution in [-0.4, -0.2) is 11.5 Å². The maximum atomic E-state index is 6.29. The molecule has 0 aromatic heterocycles. The van der Waals surface area contributed by atoms with Gasteiger partial charge in [0.15, 0.2) is 0 Å². The van der Waals surface area contributed by atoms with Gasteiger partial charge in [0.2, 0.25) is 0 Å². The molecule has 2 heteroatoms. The van der Waals surface area contributed by atoms with E-state index in [0.29, 0.717) is 5.25 Å². The summed E-state index contributed by atoms with van der Waals surface area (Å²) in [5, 5.41) is 0.792. The SMILES string of the molecule is CSC1Cc2ccccc2C1Cl. The minimum Gasteiger partial charge on any atom is -0.160 e. The summed E-state index contributed by atoms with van der Waals surface area (Å²) in [6.45, 7) is 0. The molecule has 2 unspecified atom stereocenters. The van der Waals surface area contributed by atoms with E-state index in [2.05, 4.69) is 30.5 Å². The van der Waals surface area contributed by atoms with Gasteiger partial charge in [-0.2, -0.15) is 11.8 Å². The van der Waals surface area contributed by atoms with Gasteiger partial charge in [-0.15, -0.1) is 11.6 Å². The van der Waals surface area contributed by atoms with Gasteiger partial charge < -0.3 is 0 Å². The first-order valence-electron chi connectivity index (χ1n) is 4.07. The molecular formula is C10H11ClS. The number of alkyl halides is 1. The van der Waals surface area contributed by atoms with Crippen LogP contribution in [0.25, 0.3) is 0 Å². The Labute approximate surface area is 82.3 Å². The van der Waals surface area contributed by atoms with Gasteiger partial charge in [-0.1, -0.05) is 24.3 Å². The Hall–Kier alpha value is -0.140. The highest BCUT2D eigenvalue weighted by atomic mass is 35.5. The van der Waals surface area contributed by atoms with Crippen LogP contribution in [0.3, 0.4) is 0 Å². The molecule has 0 nitrogen and oxygen atoms in total. The zero-order valence-corrected chi connectivity index (χ0v) is 8.53. The third-order valence-electron chi connectivity index (χ3n) is 2.40. The lowest BCUT2D eigenvalue weighted by Gasteiger charge is -2.09. The van der Waals surface area contributed by atoms with Gasteiger partial charge in [0, 0.05) is 5.25 Å². The molecule has 0 aliphatic heterocycles. The summed E-state index contributed by atoms with van der Waals surface area (Å²) < 4.78 is 0. The largest absolute Gasteiger partial charge is 0.160 e. The highest BCUT2D eigenvalue weighted by Crippen LogP contribution is 2.41. The molecule has 1 aromatic rings.